The van der Waals surface area contributed by atoms with Gasteiger partial charge in [-0.3, -0.25) is 9.69 Å². The number of rotatable bonds is 4. The van der Waals surface area contributed by atoms with Crippen LogP contribution in [0.3, 0.4) is 0 Å². The maximum absolute atomic E-state index is 12.6. The minimum absolute atomic E-state index is 0.221. The number of benzene rings is 1. The molecule has 32 heavy (non-hydrogen) atoms. The molecular weight excluding hydrogens is 478 g/mol. The zero-order chi connectivity index (χ0) is 24.1. The Bertz CT molecular complexity index is 837. The average Bonchev–Trinajstić information content (AvgIpc) is 3.16. The lowest BCUT2D eigenvalue weighted by Gasteiger charge is -2.28. The largest absolute Gasteiger partial charge is 0.490 e. The fourth-order valence-electron chi connectivity index (χ4n) is 3.70. The number of halogens is 5. The Kier molecular flexibility index (Phi) is 9.18. The molecule has 1 N–H and O–H groups in total. The van der Waals surface area contributed by atoms with Gasteiger partial charge in [0.2, 0.25) is 6.10 Å². The van der Waals surface area contributed by atoms with Crippen LogP contribution in [0.5, 0.6) is 0 Å². The molecule has 2 aliphatic rings. The normalized spacial score (nSPS) is 21.6. The molecule has 12 heteroatoms. The number of piperidine rings is 1. The van der Waals surface area contributed by atoms with Crippen molar-refractivity contribution in [2.45, 2.75) is 44.0 Å². The second kappa shape index (κ2) is 11.2. The first-order chi connectivity index (χ1) is 14.9. The summed E-state index contributed by atoms with van der Waals surface area (Å²) in [5.41, 5.74) is 0.377. The molecule has 2 heterocycles. The van der Waals surface area contributed by atoms with Crippen molar-refractivity contribution in [1.29, 1.82) is 0 Å². The molecule has 2 aliphatic heterocycles. The van der Waals surface area contributed by atoms with E-state index < -0.39 is 24.2 Å². The van der Waals surface area contributed by atoms with Gasteiger partial charge in [-0.05, 0) is 37.9 Å². The van der Waals surface area contributed by atoms with Gasteiger partial charge < -0.3 is 14.6 Å². The second-order valence-electron chi connectivity index (χ2n) is 7.39. The van der Waals surface area contributed by atoms with Gasteiger partial charge in [0.05, 0.1) is 13.0 Å². The van der Waals surface area contributed by atoms with E-state index in [0.29, 0.717) is 23.2 Å². The highest BCUT2D eigenvalue weighted by atomic mass is 35.5. The topological polar surface area (TPSA) is 93.1 Å². The minimum Gasteiger partial charge on any atom is -0.475 e. The maximum Gasteiger partial charge on any atom is 0.490 e. The van der Waals surface area contributed by atoms with Gasteiger partial charge in [0.15, 0.2) is 0 Å². The van der Waals surface area contributed by atoms with E-state index in [-0.39, 0.29) is 16.9 Å². The van der Waals surface area contributed by atoms with Gasteiger partial charge in [-0.15, -0.1) is 0 Å². The first-order valence-corrected chi connectivity index (χ1v) is 10.5. The molecule has 0 saturated carbocycles. The zero-order valence-corrected chi connectivity index (χ0v) is 18.5. The first kappa shape index (κ1) is 26.2. The standard InChI is InChI=1S/C18H21Cl2NO4.C2HF3O2/c1-24-18(23)16(14-6-5-12(19)9-15(14)20)25-17(22)11-8-13-4-2-3-7-21(13)10-11;3-2(4,5)1(6)7/h5-6,9,11,13,16H,2-4,7-8,10H2,1H3;(H,6,7). The third-order valence-corrected chi connectivity index (χ3v) is 5.79. The van der Waals surface area contributed by atoms with Crippen molar-refractivity contribution in [2.24, 2.45) is 5.92 Å². The summed E-state index contributed by atoms with van der Waals surface area (Å²) in [7, 11) is 1.25. The average molecular weight is 500 g/mol. The molecule has 3 rings (SSSR count). The number of esters is 2. The number of carbonyl (C=O) groups excluding carboxylic acids is 2. The van der Waals surface area contributed by atoms with E-state index in [1.165, 1.54) is 26.0 Å². The van der Waals surface area contributed by atoms with E-state index >= 15 is 0 Å². The maximum atomic E-state index is 12.6. The van der Waals surface area contributed by atoms with E-state index in [1.807, 2.05) is 0 Å². The number of hydrogen-bond acceptors (Lipinski definition) is 6. The smallest absolute Gasteiger partial charge is 0.475 e. The van der Waals surface area contributed by atoms with Crippen molar-refractivity contribution in [3.63, 3.8) is 0 Å². The van der Waals surface area contributed by atoms with Crippen molar-refractivity contribution in [2.75, 3.05) is 20.2 Å². The molecule has 3 unspecified atom stereocenters. The van der Waals surface area contributed by atoms with E-state index in [9.17, 15) is 22.8 Å². The molecule has 2 fully saturated rings. The quantitative estimate of drug-likeness (QED) is 0.618. The number of ether oxygens (including phenoxy) is 2. The molecule has 7 nitrogen and oxygen atoms in total. The molecule has 1 aromatic rings. The minimum atomic E-state index is -5.08. The van der Waals surface area contributed by atoms with Crippen LogP contribution in [-0.2, 0) is 23.9 Å². The molecule has 1 aromatic carbocycles. The summed E-state index contributed by atoms with van der Waals surface area (Å²) < 4.78 is 42.1. The van der Waals surface area contributed by atoms with Crippen LogP contribution in [-0.4, -0.2) is 60.3 Å². The van der Waals surface area contributed by atoms with Crippen molar-refractivity contribution in [1.82, 2.24) is 4.90 Å². The van der Waals surface area contributed by atoms with E-state index in [4.69, 9.17) is 42.6 Å². The lowest BCUT2D eigenvalue weighted by atomic mass is 9.99. The summed E-state index contributed by atoms with van der Waals surface area (Å²) in [5.74, 6) is -4.02. The summed E-state index contributed by atoms with van der Waals surface area (Å²) in [6.45, 7) is 1.71. The van der Waals surface area contributed by atoms with Gasteiger partial charge in [-0.25, -0.2) is 9.59 Å². The molecule has 0 radical (unpaired) electrons. The monoisotopic (exact) mass is 499 g/mol. The number of carbonyl (C=O) groups is 3. The number of carboxylic acids is 1. The number of methoxy groups -OCH3 is 1. The van der Waals surface area contributed by atoms with Crippen molar-refractivity contribution < 1.29 is 42.1 Å². The van der Waals surface area contributed by atoms with Crippen LogP contribution >= 0.6 is 23.2 Å². The van der Waals surface area contributed by atoms with Crippen LogP contribution in [0.15, 0.2) is 18.2 Å². The van der Waals surface area contributed by atoms with Crippen LogP contribution in [0.2, 0.25) is 10.0 Å². The van der Waals surface area contributed by atoms with E-state index in [0.717, 1.165) is 19.4 Å². The fourth-order valence-corrected chi connectivity index (χ4v) is 4.20. The van der Waals surface area contributed by atoms with Gasteiger partial charge >= 0.3 is 24.1 Å². The molecule has 2 saturated heterocycles. The number of hydrogen-bond donors (Lipinski definition) is 1. The van der Waals surface area contributed by atoms with Crippen LogP contribution in [0.25, 0.3) is 0 Å². The van der Waals surface area contributed by atoms with Gasteiger partial charge in [-0.2, -0.15) is 13.2 Å². The summed E-state index contributed by atoms with van der Waals surface area (Å²) in [6, 6.07) is 5.14. The predicted octanol–water partition coefficient (Wildman–Crippen LogP) is 4.26. The third kappa shape index (κ3) is 6.98. The third-order valence-electron chi connectivity index (χ3n) is 5.23. The van der Waals surface area contributed by atoms with E-state index in [2.05, 4.69) is 4.90 Å². The Morgan fingerprint density at radius 1 is 1.22 bits per heavy atom. The Morgan fingerprint density at radius 3 is 2.41 bits per heavy atom. The number of nitrogens with zero attached hydrogens (tertiary/aromatic N) is 1. The highest BCUT2D eigenvalue weighted by Gasteiger charge is 2.40. The van der Waals surface area contributed by atoms with Crippen molar-refractivity contribution in [3.05, 3.63) is 33.8 Å². The Balaban J connectivity index is 0.000000451. The molecule has 0 bridgehead atoms. The molecule has 0 aliphatic carbocycles. The fraction of sp³-hybridized carbons (Fsp3) is 0.550. The molecular formula is C20H22Cl2F3NO6. The number of aliphatic carboxylic acids is 1. The van der Waals surface area contributed by atoms with Gasteiger partial charge in [0.1, 0.15) is 0 Å². The van der Waals surface area contributed by atoms with E-state index in [1.54, 1.807) is 12.1 Å². The van der Waals surface area contributed by atoms with Crippen LogP contribution < -0.4 is 0 Å². The van der Waals surface area contributed by atoms with Crippen molar-refractivity contribution in [3.8, 4) is 0 Å². The summed E-state index contributed by atoms with van der Waals surface area (Å²) in [4.78, 5) is 36.0. The van der Waals surface area contributed by atoms with Gasteiger partial charge in [-0.1, -0.05) is 35.7 Å². The molecule has 0 spiro atoms. The van der Waals surface area contributed by atoms with Crippen LogP contribution in [0.1, 0.15) is 37.4 Å². The highest BCUT2D eigenvalue weighted by Crippen LogP contribution is 2.34. The van der Waals surface area contributed by atoms with Crippen molar-refractivity contribution >= 4 is 41.1 Å². The Morgan fingerprint density at radius 2 is 1.88 bits per heavy atom. The summed E-state index contributed by atoms with van der Waals surface area (Å²) in [5, 5.41) is 7.83. The zero-order valence-electron chi connectivity index (χ0n) is 17.0. The SMILES string of the molecule is COC(=O)C(OC(=O)C1CC2CCCCN2C1)c1ccc(Cl)cc1Cl.O=C(O)C(F)(F)F. The number of fused-ring (bicyclic) bond motifs is 1. The van der Waals surface area contributed by atoms with Crippen LogP contribution in [0.4, 0.5) is 13.2 Å². The van der Waals surface area contributed by atoms with Crippen LogP contribution in [0, 0.1) is 5.92 Å². The Labute approximate surface area is 192 Å². The summed E-state index contributed by atoms with van der Waals surface area (Å²) in [6.07, 6.45) is -1.99. The highest BCUT2D eigenvalue weighted by molar-refractivity contribution is 6.35. The van der Waals surface area contributed by atoms with Gasteiger partial charge in [0.25, 0.3) is 0 Å². The molecule has 0 amide bonds. The predicted molar refractivity (Wildman–Crippen MR) is 108 cm³/mol. The number of carboxylic acid groups (broad SMARTS) is 1. The Hall–Kier alpha value is -2.04. The second-order valence-corrected chi connectivity index (χ2v) is 8.23. The lowest BCUT2D eigenvalue weighted by Crippen LogP contribution is -2.34. The first-order valence-electron chi connectivity index (χ1n) is 9.71. The molecule has 3 atom stereocenters. The lowest BCUT2D eigenvalue weighted by molar-refractivity contribution is -0.192. The van der Waals surface area contributed by atoms with Gasteiger partial charge in [0, 0.05) is 28.2 Å². The molecule has 178 valence electrons. The number of alkyl halides is 3. The molecule has 0 aromatic heterocycles. The summed E-state index contributed by atoms with van der Waals surface area (Å²) >= 11 is 12.1.